The van der Waals surface area contributed by atoms with Gasteiger partial charge in [-0.05, 0) is 38.7 Å². The van der Waals surface area contributed by atoms with Crippen LogP contribution in [-0.4, -0.2) is 49.7 Å². The van der Waals surface area contributed by atoms with Gasteiger partial charge in [-0.15, -0.1) is 0 Å². The van der Waals surface area contributed by atoms with Gasteiger partial charge in [-0.2, -0.15) is 0 Å². The maximum absolute atomic E-state index is 12.1. The van der Waals surface area contributed by atoms with E-state index < -0.39 is 0 Å². The average Bonchev–Trinajstić information content (AvgIpc) is 2.38. The quantitative estimate of drug-likeness (QED) is 0.788. The third-order valence-corrected chi connectivity index (χ3v) is 2.72. The van der Waals surface area contributed by atoms with Crippen molar-refractivity contribution >= 4 is 5.91 Å². The van der Waals surface area contributed by atoms with E-state index in [2.05, 4.69) is 17.2 Å². The predicted octanol–water partition coefficient (Wildman–Crippen LogP) is 1.02. The Bertz CT molecular complexity index is 513. The largest absolute Gasteiger partial charge is 0.395 e. The first-order valence-electron chi connectivity index (χ1n) is 6.68. The number of aliphatic hydroxyl groups excluding tert-OH is 1. The number of amides is 1. The van der Waals surface area contributed by atoms with Gasteiger partial charge in [0.05, 0.1) is 12.2 Å². The third-order valence-electron chi connectivity index (χ3n) is 2.72. The number of aryl methyl sites for hydroxylation is 1. The number of hydrogen-bond donors (Lipinski definition) is 2. The van der Waals surface area contributed by atoms with Crippen molar-refractivity contribution < 1.29 is 9.90 Å². The molecule has 2 N–H and O–H groups in total. The van der Waals surface area contributed by atoms with E-state index >= 15 is 0 Å². The van der Waals surface area contributed by atoms with Gasteiger partial charge in [0.1, 0.15) is 0 Å². The molecule has 0 spiro atoms. The zero-order chi connectivity index (χ0) is 15.0. The molecule has 1 rings (SSSR count). The summed E-state index contributed by atoms with van der Waals surface area (Å²) in [5.41, 5.74) is 2.35. The van der Waals surface area contributed by atoms with E-state index in [4.69, 9.17) is 5.11 Å². The second-order valence-corrected chi connectivity index (χ2v) is 4.88. The van der Waals surface area contributed by atoms with E-state index in [1.165, 1.54) is 0 Å². The van der Waals surface area contributed by atoms with Crippen LogP contribution in [0.25, 0.3) is 0 Å². The van der Waals surface area contributed by atoms with E-state index in [9.17, 15) is 4.79 Å². The number of carbonyl (C=O) groups is 1. The lowest BCUT2D eigenvalue weighted by Crippen LogP contribution is -2.31. The molecule has 4 nitrogen and oxygen atoms in total. The van der Waals surface area contributed by atoms with Crippen molar-refractivity contribution in [2.45, 2.75) is 13.3 Å². The van der Waals surface area contributed by atoms with Crippen molar-refractivity contribution in [3.8, 4) is 11.8 Å². The molecule has 1 aromatic carbocycles. The molecular formula is C16H22N2O2. The van der Waals surface area contributed by atoms with Crippen molar-refractivity contribution in [3.63, 3.8) is 0 Å². The number of nitrogens with one attached hydrogen (secondary N) is 1. The van der Waals surface area contributed by atoms with E-state index in [0.29, 0.717) is 24.1 Å². The molecule has 0 fully saturated rings. The molecule has 0 saturated carbocycles. The Morgan fingerprint density at radius 3 is 2.80 bits per heavy atom. The van der Waals surface area contributed by atoms with Crippen LogP contribution in [0, 0.1) is 18.8 Å². The van der Waals surface area contributed by atoms with Crippen LogP contribution < -0.4 is 5.32 Å². The van der Waals surface area contributed by atoms with E-state index in [1.54, 1.807) is 6.07 Å². The SMILES string of the molecule is Cc1ccc(C(=O)NCCN(C)C)c(C#CCCO)c1. The van der Waals surface area contributed by atoms with Crippen LogP contribution in [-0.2, 0) is 0 Å². The van der Waals surface area contributed by atoms with E-state index in [0.717, 1.165) is 12.1 Å². The highest BCUT2D eigenvalue weighted by Gasteiger charge is 2.09. The molecule has 0 aliphatic rings. The highest BCUT2D eigenvalue weighted by molar-refractivity contribution is 5.96. The average molecular weight is 274 g/mol. The fourth-order valence-electron chi connectivity index (χ4n) is 1.66. The number of rotatable bonds is 5. The summed E-state index contributed by atoms with van der Waals surface area (Å²) >= 11 is 0. The number of benzene rings is 1. The lowest BCUT2D eigenvalue weighted by atomic mass is 10.0. The minimum Gasteiger partial charge on any atom is -0.395 e. The lowest BCUT2D eigenvalue weighted by molar-refractivity contribution is 0.0951. The molecule has 4 heteroatoms. The number of carbonyl (C=O) groups excluding carboxylic acids is 1. The van der Waals surface area contributed by atoms with Gasteiger partial charge in [-0.3, -0.25) is 4.79 Å². The fourth-order valence-corrected chi connectivity index (χ4v) is 1.66. The first-order valence-corrected chi connectivity index (χ1v) is 6.68. The molecule has 0 radical (unpaired) electrons. The summed E-state index contributed by atoms with van der Waals surface area (Å²) in [5.74, 6) is 5.70. The van der Waals surface area contributed by atoms with Gasteiger partial charge in [0, 0.05) is 25.1 Å². The van der Waals surface area contributed by atoms with Crippen LogP contribution in [0.4, 0.5) is 0 Å². The predicted molar refractivity (Wildman–Crippen MR) is 80.6 cm³/mol. The molecule has 0 aromatic heterocycles. The molecule has 108 valence electrons. The minimum atomic E-state index is -0.111. The van der Waals surface area contributed by atoms with Crippen LogP contribution in [0.2, 0.25) is 0 Å². The highest BCUT2D eigenvalue weighted by atomic mass is 16.2. The Hall–Kier alpha value is -1.83. The van der Waals surface area contributed by atoms with Gasteiger partial charge in [0.25, 0.3) is 5.91 Å². The van der Waals surface area contributed by atoms with E-state index in [1.807, 2.05) is 38.1 Å². The second-order valence-electron chi connectivity index (χ2n) is 4.88. The number of hydrogen-bond acceptors (Lipinski definition) is 3. The first kappa shape index (κ1) is 16.2. The number of likely N-dealkylation sites (N-methyl/N-ethyl adjacent to an activating group) is 1. The Kier molecular flexibility index (Phi) is 6.78. The summed E-state index contributed by atoms with van der Waals surface area (Å²) in [4.78, 5) is 14.2. The molecule has 0 atom stereocenters. The van der Waals surface area contributed by atoms with Crippen LogP contribution in [0.15, 0.2) is 18.2 Å². The topological polar surface area (TPSA) is 52.6 Å². The smallest absolute Gasteiger partial charge is 0.252 e. The normalized spacial score (nSPS) is 10.1. The second kappa shape index (κ2) is 8.36. The van der Waals surface area contributed by atoms with Gasteiger partial charge in [0.2, 0.25) is 0 Å². The van der Waals surface area contributed by atoms with E-state index in [-0.39, 0.29) is 12.5 Å². The van der Waals surface area contributed by atoms with Gasteiger partial charge < -0.3 is 15.3 Å². The van der Waals surface area contributed by atoms with Gasteiger partial charge in [-0.25, -0.2) is 0 Å². The molecule has 0 aliphatic heterocycles. The third kappa shape index (κ3) is 5.43. The maximum atomic E-state index is 12.1. The summed E-state index contributed by atoms with van der Waals surface area (Å²) in [5, 5.41) is 11.6. The summed E-state index contributed by atoms with van der Waals surface area (Å²) in [7, 11) is 3.92. The Morgan fingerprint density at radius 1 is 1.40 bits per heavy atom. The fraction of sp³-hybridized carbons (Fsp3) is 0.438. The minimum absolute atomic E-state index is 0.0309. The zero-order valence-corrected chi connectivity index (χ0v) is 12.4. The molecule has 1 amide bonds. The molecule has 0 unspecified atom stereocenters. The summed E-state index contributed by atoms with van der Waals surface area (Å²) in [6.07, 6.45) is 0.412. The molecule has 20 heavy (non-hydrogen) atoms. The van der Waals surface area contributed by atoms with Crippen LogP contribution in [0.5, 0.6) is 0 Å². The molecule has 0 saturated heterocycles. The Labute approximate surface area is 120 Å². The molecule has 0 aliphatic carbocycles. The van der Waals surface area contributed by atoms with Crippen LogP contribution in [0.3, 0.4) is 0 Å². The molecular weight excluding hydrogens is 252 g/mol. The Balaban J connectivity index is 2.83. The molecule has 0 heterocycles. The maximum Gasteiger partial charge on any atom is 0.252 e. The van der Waals surface area contributed by atoms with Crippen molar-refractivity contribution in [3.05, 3.63) is 34.9 Å². The van der Waals surface area contributed by atoms with Gasteiger partial charge in [0.15, 0.2) is 0 Å². The number of nitrogens with zero attached hydrogens (tertiary/aromatic N) is 1. The summed E-state index contributed by atoms with van der Waals surface area (Å²) < 4.78 is 0. The standard InChI is InChI=1S/C16H22N2O2/c1-13-7-8-15(14(12-13)6-4-5-11-19)16(20)17-9-10-18(2)3/h7-8,12,19H,5,9-11H2,1-3H3,(H,17,20). The molecule has 0 bridgehead atoms. The van der Waals surface area contributed by atoms with Gasteiger partial charge in [-0.1, -0.05) is 17.9 Å². The molecule has 1 aromatic rings. The van der Waals surface area contributed by atoms with Crippen LogP contribution >= 0.6 is 0 Å². The number of aliphatic hydroxyl groups is 1. The van der Waals surface area contributed by atoms with Crippen molar-refractivity contribution in [2.75, 3.05) is 33.8 Å². The van der Waals surface area contributed by atoms with Crippen molar-refractivity contribution in [2.24, 2.45) is 0 Å². The lowest BCUT2D eigenvalue weighted by Gasteiger charge is -2.11. The summed E-state index contributed by atoms with van der Waals surface area (Å²) in [6, 6.07) is 5.59. The first-order chi connectivity index (χ1) is 9.54. The van der Waals surface area contributed by atoms with Gasteiger partial charge >= 0.3 is 0 Å². The van der Waals surface area contributed by atoms with Crippen LogP contribution in [0.1, 0.15) is 27.9 Å². The van der Waals surface area contributed by atoms with Crippen molar-refractivity contribution in [1.29, 1.82) is 0 Å². The highest BCUT2D eigenvalue weighted by Crippen LogP contribution is 2.10. The monoisotopic (exact) mass is 274 g/mol. The van der Waals surface area contributed by atoms with Crippen molar-refractivity contribution in [1.82, 2.24) is 10.2 Å². The zero-order valence-electron chi connectivity index (χ0n) is 12.4. The Morgan fingerprint density at radius 2 is 2.15 bits per heavy atom. The summed E-state index contributed by atoms with van der Waals surface area (Å²) in [6.45, 7) is 3.39.